The summed E-state index contributed by atoms with van der Waals surface area (Å²) in [6.07, 6.45) is 0. The van der Waals surface area contributed by atoms with Gasteiger partial charge in [0, 0.05) is 16.8 Å². The van der Waals surface area contributed by atoms with Gasteiger partial charge >= 0.3 is 6.03 Å². The number of amides is 2. The first-order valence-corrected chi connectivity index (χ1v) is 5.82. The largest absolute Gasteiger partial charge is 0.324 e. The van der Waals surface area contributed by atoms with E-state index in [0.29, 0.717) is 10.7 Å². The molecule has 0 aliphatic heterocycles. The zero-order valence-electron chi connectivity index (χ0n) is 10.0. The van der Waals surface area contributed by atoms with E-state index in [1.165, 1.54) is 12.1 Å². The van der Waals surface area contributed by atoms with Crippen LogP contribution in [0.3, 0.4) is 0 Å². The fraction of sp³-hybridized carbons (Fsp3) is 0.0833. The quantitative estimate of drug-likeness (QED) is 0.788. The maximum Gasteiger partial charge on any atom is 0.324 e. The van der Waals surface area contributed by atoms with Crippen molar-refractivity contribution in [2.24, 2.45) is 0 Å². The lowest BCUT2D eigenvalue weighted by molar-refractivity contribution is 0.262. The molecule has 19 heavy (non-hydrogen) atoms. The maximum atomic E-state index is 11.7. The number of aryl methyl sites for hydroxylation is 1. The van der Waals surface area contributed by atoms with Crippen LogP contribution >= 0.6 is 11.6 Å². The van der Waals surface area contributed by atoms with Gasteiger partial charge in [-0.3, -0.25) is 10.1 Å². The Morgan fingerprint density at radius 2 is 2.05 bits per heavy atom. The van der Waals surface area contributed by atoms with Crippen LogP contribution in [0.4, 0.5) is 16.3 Å². The van der Waals surface area contributed by atoms with Crippen LogP contribution in [0.25, 0.3) is 0 Å². The van der Waals surface area contributed by atoms with Gasteiger partial charge in [0.1, 0.15) is 0 Å². The van der Waals surface area contributed by atoms with Gasteiger partial charge in [-0.2, -0.15) is 5.10 Å². The molecule has 3 N–H and O–H groups in total. The van der Waals surface area contributed by atoms with Gasteiger partial charge in [0.05, 0.1) is 0 Å². The SMILES string of the molecule is Cc1cc(Cl)ccc1NC(=O)Nc1ccc(=O)[nH]n1. The first-order chi connectivity index (χ1) is 9.04. The number of halogens is 1. The Bertz CT molecular complexity index is 649. The molecule has 0 saturated heterocycles. The molecule has 0 aliphatic rings. The number of hydrogen-bond acceptors (Lipinski definition) is 3. The van der Waals surface area contributed by atoms with Gasteiger partial charge in [-0.1, -0.05) is 11.6 Å². The van der Waals surface area contributed by atoms with Crippen molar-refractivity contribution >= 4 is 29.1 Å². The molecule has 0 radical (unpaired) electrons. The Morgan fingerprint density at radius 3 is 2.68 bits per heavy atom. The summed E-state index contributed by atoms with van der Waals surface area (Å²) in [4.78, 5) is 22.5. The van der Waals surface area contributed by atoms with E-state index in [9.17, 15) is 9.59 Å². The minimum absolute atomic E-state index is 0.253. The molecule has 98 valence electrons. The van der Waals surface area contributed by atoms with E-state index in [2.05, 4.69) is 20.8 Å². The first-order valence-electron chi connectivity index (χ1n) is 5.44. The molecule has 1 heterocycles. The molecule has 1 aromatic heterocycles. The third kappa shape index (κ3) is 3.56. The van der Waals surface area contributed by atoms with Gasteiger partial charge in [-0.15, -0.1) is 0 Å². The van der Waals surface area contributed by atoms with Crippen LogP contribution in [0.1, 0.15) is 5.56 Å². The summed E-state index contributed by atoms with van der Waals surface area (Å²) < 4.78 is 0. The summed E-state index contributed by atoms with van der Waals surface area (Å²) in [7, 11) is 0. The van der Waals surface area contributed by atoms with Gasteiger partial charge in [-0.25, -0.2) is 9.89 Å². The Hall–Kier alpha value is -2.34. The number of aromatic amines is 1. The molecular formula is C12H11ClN4O2. The molecule has 0 fully saturated rings. The van der Waals surface area contributed by atoms with Gasteiger partial charge in [0.15, 0.2) is 5.82 Å². The van der Waals surface area contributed by atoms with Crippen LogP contribution in [-0.2, 0) is 0 Å². The van der Waals surface area contributed by atoms with E-state index in [1.54, 1.807) is 18.2 Å². The fourth-order valence-electron chi connectivity index (χ4n) is 1.45. The number of urea groups is 1. The normalized spacial score (nSPS) is 10.0. The number of hydrogen-bond donors (Lipinski definition) is 3. The Morgan fingerprint density at radius 1 is 1.26 bits per heavy atom. The number of aromatic nitrogens is 2. The second-order valence-corrected chi connectivity index (χ2v) is 4.28. The lowest BCUT2D eigenvalue weighted by Crippen LogP contribution is -2.21. The van der Waals surface area contributed by atoms with Crippen molar-refractivity contribution < 1.29 is 4.79 Å². The highest BCUT2D eigenvalue weighted by Gasteiger charge is 2.06. The smallest absolute Gasteiger partial charge is 0.307 e. The average Bonchev–Trinajstić information content (AvgIpc) is 2.36. The lowest BCUT2D eigenvalue weighted by atomic mass is 10.2. The third-order valence-electron chi connectivity index (χ3n) is 2.36. The number of benzene rings is 1. The zero-order chi connectivity index (χ0) is 13.8. The molecular weight excluding hydrogens is 268 g/mol. The summed E-state index contributed by atoms with van der Waals surface area (Å²) in [6.45, 7) is 1.83. The molecule has 2 rings (SSSR count). The molecule has 6 nitrogen and oxygen atoms in total. The van der Waals surface area contributed by atoms with Crippen LogP contribution in [0.2, 0.25) is 5.02 Å². The number of nitrogens with zero attached hydrogens (tertiary/aromatic N) is 1. The monoisotopic (exact) mass is 278 g/mol. The van der Waals surface area contributed by atoms with Crippen molar-refractivity contribution in [2.45, 2.75) is 6.92 Å². The Balaban J connectivity index is 2.05. The summed E-state index contributed by atoms with van der Waals surface area (Å²) in [6, 6.07) is 7.36. The molecule has 7 heteroatoms. The van der Waals surface area contributed by atoms with Crippen molar-refractivity contribution in [3.05, 3.63) is 51.3 Å². The van der Waals surface area contributed by atoms with Crippen LogP contribution in [0, 0.1) is 6.92 Å². The molecule has 0 saturated carbocycles. The van der Waals surface area contributed by atoms with Crippen LogP contribution < -0.4 is 16.2 Å². The van der Waals surface area contributed by atoms with Gasteiger partial charge in [0.25, 0.3) is 5.56 Å². The molecule has 0 spiro atoms. The van der Waals surface area contributed by atoms with Gasteiger partial charge in [0.2, 0.25) is 0 Å². The number of rotatable bonds is 2. The molecule has 0 unspecified atom stereocenters. The number of carbonyl (C=O) groups is 1. The predicted octanol–water partition coefficient (Wildman–Crippen LogP) is 2.38. The van der Waals surface area contributed by atoms with Crippen molar-refractivity contribution in [3.63, 3.8) is 0 Å². The average molecular weight is 279 g/mol. The summed E-state index contributed by atoms with van der Waals surface area (Å²) in [5.41, 5.74) is 1.16. The van der Waals surface area contributed by atoms with Gasteiger partial charge < -0.3 is 5.32 Å². The topological polar surface area (TPSA) is 86.9 Å². The van der Waals surface area contributed by atoms with Crippen LogP contribution in [0.5, 0.6) is 0 Å². The molecule has 0 atom stereocenters. The minimum atomic E-state index is -0.454. The predicted molar refractivity (Wildman–Crippen MR) is 73.7 cm³/mol. The summed E-state index contributed by atoms with van der Waals surface area (Å²) >= 11 is 5.83. The minimum Gasteiger partial charge on any atom is -0.307 e. The molecule has 0 bridgehead atoms. The summed E-state index contributed by atoms with van der Waals surface area (Å²) in [5, 5.41) is 11.6. The highest BCUT2D eigenvalue weighted by Crippen LogP contribution is 2.19. The molecule has 2 amide bonds. The van der Waals surface area contributed by atoms with E-state index in [0.717, 1.165) is 5.56 Å². The van der Waals surface area contributed by atoms with Gasteiger partial charge in [-0.05, 0) is 36.8 Å². The van der Waals surface area contributed by atoms with E-state index in [1.807, 2.05) is 6.92 Å². The molecule has 1 aromatic carbocycles. The second kappa shape index (κ2) is 5.53. The third-order valence-corrected chi connectivity index (χ3v) is 2.59. The maximum absolute atomic E-state index is 11.7. The number of H-pyrrole nitrogens is 1. The van der Waals surface area contributed by atoms with Crippen LogP contribution in [0.15, 0.2) is 35.1 Å². The number of carbonyl (C=O) groups excluding carboxylic acids is 1. The zero-order valence-corrected chi connectivity index (χ0v) is 10.8. The lowest BCUT2D eigenvalue weighted by Gasteiger charge is -2.09. The number of nitrogens with one attached hydrogen (secondary N) is 3. The highest BCUT2D eigenvalue weighted by molar-refractivity contribution is 6.30. The highest BCUT2D eigenvalue weighted by atomic mass is 35.5. The fourth-order valence-corrected chi connectivity index (χ4v) is 1.68. The summed E-state index contributed by atoms with van der Waals surface area (Å²) in [5.74, 6) is 0.253. The van der Waals surface area contributed by atoms with Crippen molar-refractivity contribution in [2.75, 3.05) is 10.6 Å². The van der Waals surface area contributed by atoms with Crippen molar-refractivity contribution in [3.8, 4) is 0 Å². The van der Waals surface area contributed by atoms with E-state index < -0.39 is 6.03 Å². The van der Waals surface area contributed by atoms with E-state index >= 15 is 0 Å². The van der Waals surface area contributed by atoms with Crippen LogP contribution in [-0.4, -0.2) is 16.2 Å². The van der Waals surface area contributed by atoms with Crippen molar-refractivity contribution in [1.29, 1.82) is 0 Å². The molecule has 0 aliphatic carbocycles. The molecule has 2 aromatic rings. The van der Waals surface area contributed by atoms with E-state index in [4.69, 9.17) is 11.6 Å². The van der Waals surface area contributed by atoms with E-state index in [-0.39, 0.29) is 11.4 Å². The van der Waals surface area contributed by atoms with Crippen molar-refractivity contribution in [1.82, 2.24) is 10.2 Å². The number of anilines is 2. The second-order valence-electron chi connectivity index (χ2n) is 3.84. The Labute approximate surface area is 113 Å². The first kappa shape index (κ1) is 13.1. The standard InChI is InChI=1S/C12H11ClN4O2/c1-7-6-8(13)2-3-9(7)14-12(19)15-10-4-5-11(18)17-16-10/h2-6H,1H3,(H,17,18)(H2,14,15,16,19). The Kier molecular flexibility index (Phi) is 3.82.